The van der Waals surface area contributed by atoms with Crippen LogP contribution in [0, 0.1) is 17.3 Å². The summed E-state index contributed by atoms with van der Waals surface area (Å²) in [5.74, 6) is 1.30. The summed E-state index contributed by atoms with van der Waals surface area (Å²) in [7, 11) is 0. The lowest BCUT2D eigenvalue weighted by Gasteiger charge is -2.52. The molecule has 0 amide bonds. The zero-order valence-corrected chi connectivity index (χ0v) is 19.3. The van der Waals surface area contributed by atoms with Crippen molar-refractivity contribution in [3.05, 3.63) is 88.5 Å². The highest BCUT2D eigenvalue weighted by Gasteiger charge is 2.61. The number of aliphatic hydroxyl groups is 1. The number of rotatable bonds is 2. The Morgan fingerprint density at radius 3 is 2.58 bits per heavy atom. The van der Waals surface area contributed by atoms with Gasteiger partial charge in [0.25, 0.3) is 0 Å². The number of allylic oxidation sites excluding steroid dienone is 4. The van der Waals surface area contributed by atoms with Gasteiger partial charge in [0, 0.05) is 5.41 Å². The van der Waals surface area contributed by atoms with Crippen LogP contribution in [0.1, 0.15) is 68.9 Å². The van der Waals surface area contributed by atoms with Gasteiger partial charge in [0.15, 0.2) is 5.78 Å². The Morgan fingerprint density at radius 2 is 1.79 bits per heavy atom. The minimum atomic E-state index is -0.905. The first-order valence-electron chi connectivity index (χ1n) is 12.4. The molecule has 170 valence electrons. The van der Waals surface area contributed by atoms with Crippen LogP contribution >= 0.6 is 0 Å². The van der Waals surface area contributed by atoms with Crippen molar-refractivity contribution in [2.75, 3.05) is 0 Å². The van der Waals surface area contributed by atoms with Crippen molar-refractivity contribution in [1.29, 1.82) is 0 Å². The standard InChI is InChI=1S/C30H32O3/c1-29-14-12-23-24(27(29)13-15-30(29,33)21-8-5-9-22(31)17-21)11-10-20-16-28(32)26(18-25(20)23)19-6-3-2-4-7-19/h2-9,16-17,24,26-27,31,33H,10-15,18H2,1H3/t24-,26?,27+,29+,30+/m1/s1. The molecule has 2 N–H and O–H groups in total. The summed E-state index contributed by atoms with van der Waals surface area (Å²) in [5.41, 5.74) is 5.12. The van der Waals surface area contributed by atoms with Gasteiger partial charge in [-0.3, -0.25) is 4.79 Å². The Hall–Kier alpha value is -2.65. The van der Waals surface area contributed by atoms with Crippen molar-refractivity contribution < 1.29 is 15.0 Å². The van der Waals surface area contributed by atoms with Crippen LogP contribution in [0.4, 0.5) is 0 Å². The first-order valence-corrected chi connectivity index (χ1v) is 12.4. The number of benzene rings is 2. The van der Waals surface area contributed by atoms with E-state index in [1.165, 1.54) is 11.1 Å². The number of aromatic hydroxyl groups is 1. The fourth-order valence-corrected chi connectivity index (χ4v) is 7.76. The van der Waals surface area contributed by atoms with Gasteiger partial charge in [0.2, 0.25) is 0 Å². The molecule has 0 radical (unpaired) electrons. The molecule has 6 rings (SSSR count). The maximum absolute atomic E-state index is 13.0. The molecule has 2 aromatic carbocycles. The summed E-state index contributed by atoms with van der Waals surface area (Å²) in [5, 5.41) is 22.1. The Labute approximate surface area is 195 Å². The number of phenolic OH excluding ortho intramolecular Hbond substituents is 1. The molecule has 1 unspecified atom stereocenters. The highest BCUT2D eigenvalue weighted by atomic mass is 16.3. The van der Waals surface area contributed by atoms with Crippen molar-refractivity contribution in [3.8, 4) is 5.75 Å². The van der Waals surface area contributed by atoms with Crippen molar-refractivity contribution in [3.63, 3.8) is 0 Å². The average molecular weight is 441 g/mol. The van der Waals surface area contributed by atoms with E-state index in [0.29, 0.717) is 11.8 Å². The third-order valence-corrected chi connectivity index (χ3v) is 9.52. The second-order valence-electron chi connectivity index (χ2n) is 10.9. The summed E-state index contributed by atoms with van der Waals surface area (Å²) < 4.78 is 0. The minimum absolute atomic E-state index is 0.0719. The first kappa shape index (κ1) is 20.9. The molecule has 2 fully saturated rings. The van der Waals surface area contributed by atoms with Crippen molar-refractivity contribution >= 4 is 5.78 Å². The van der Waals surface area contributed by atoms with Crippen molar-refractivity contribution in [2.45, 2.75) is 63.4 Å². The van der Waals surface area contributed by atoms with E-state index in [0.717, 1.165) is 56.1 Å². The Balaban J connectivity index is 1.37. The fourth-order valence-electron chi connectivity index (χ4n) is 7.76. The summed E-state index contributed by atoms with van der Waals surface area (Å²) in [4.78, 5) is 13.0. The van der Waals surface area contributed by atoms with Gasteiger partial charge in [-0.1, -0.05) is 55.0 Å². The lowest BCUT2D eigenvalue weighted by atomic mass is 9.54. The number of carbonyl (C=O) groups excluding carboxylic acids is 1. The number of hydrogen-bond donors (Lipinski definition) is 2. The van der Waals surface area contributed by atoms with E-state index < -0.39 is 5.60 Å². The molecular formula is C30H32O3. The summed E-state index contributed by atoms with van der Waals surface area (Å²) in [6, 6.07) is 17.5. The van der Waals surface area contributed by atoms with Crippen LogP contribution in [0.5, 0.6) is 5.75 Å². The second kappa shape index (κ2) is 7.43. The molecule has 0 heterocycles. The van der Waals surface area contributed by atoms with E-state index in [9.17, 15) is 15.0 Å². The van der Waals surface area contributed by atoms with Crippen LogP contribution < -0.4 is 0 Å². The molecule has 0 aromatic heterocycles. The molecule has 0 spiro atoms. The lowest BCUT2D eigenvalue weighted by molar-refractivity contribution is -0.116. The van der Waals surface area contributed by atoms with Crippen LogP contribution in [0.2, 0.25) is 0 Å². The Morgan fingerprint density at radius 1 is 0.970 bits per heavy atom. The molecule has 0 aliphatic heterocycles. The molecule has 0 bridgehead atoms. The zero-order chi connectivity index (χ0) is 22.8. The number of phenols is 1. The normalized spacial score (nSPS) is 35.5. The largest absolute Gasteiger partial charge is 0.508 e. The smallest absolute Gasteiger partial charge is 0.163 e. The fraction of sp³-hybridized carbons (Fsp3) is 0.433. The molecule has 2 saturated carbocycles. The topological polar surface area (TPSA) is 57.5 Å². The van der Waals surface area contributed by atoms with Gasteiger partial charge in [-0.2, -0.15) is 0 Å². The van der Waals surface area contributed by atoms with Gasteiger partial charge < -0.3 is 10.2 Å². The molecule has 4 aliphatic rings. The average Bonchev–Trinajstić information content (AvgIpc) is 3.11. The Bertz CT molecular complexity index is 1180. The third kappa shape index (κ3) is 3.01. The van der Waals surface area contributed by atoms with Gasteiger partial charge >= 0.3 is 0 Å². The monoisotopic (exact) mass is 440 g/mol. The third-order valence-electron chi connectivity index (χ3n) is 9.52. The quantitative estimate of drug-likeness (QED) is 0.586. The highest BCUT2D eigenvalue weighted by Crippen LogP contribution is 2.66. The van der Waals surface area contributed by atoms with E-state index in [4.69, 9.17) is 0 Å². The van der Waals surface area contributed by atoms with E-state index in [-0.39, 0.29) is 22.9 Å². The maximum Gasteiger partial charge on any atom is 0.163 e. The number of ketones is 1. The summed E-state index contributed by atoms with van der Waals surface area (Å²) >= 11 is 0. The predicted molar refractivity (Wildman–Crippen MR) is 129 cm³/mol. The van der Waals surface area contributed by atoms with Gasteiger partial charge in [-0.25, -0.2) is 0 Å². The van der Waals surface area contributed by atoms with Gasteiger partial charge in [0.05, 0.1) is 11.5 Å². The van der Waals surface area contributed by atoms with Gasteiger partial charge in [-0.05, 0) is 97.3 Å². The summed E-state index contributed by atoms with van der Waals surface area (Å²) in [6.45, 7) is 2.28. The van der Waals surface area contributed by atoms with Crippen LogP contribution in [0.25, 0.3) is 0 Å². The number of fused-ring (bicyclic) bond motifs is 4. The van der Waals surface area contributed by atoms with Gasteiger partial charge in [0.1, 0.15) is 5.75 Å². The highest BCUT2D eigenvalue weighted by molar-refractivity contribution is 5.98. The zero-order valence-electron chi connectivity index (χ0n) is 19.3. The SMILES string of the molecule is C[C@]12CCC3=C4CC(c5ccccc5)C(=O)C=C4CC[C@H]3[C@@H]1CC[C@]2(O)c1cccc(O)c1. The van der Waals surface area contributed by atoms with Gasteiger partial charge in [-0.15, -0.1) is 0 Å². The van der Waals surface area contributed by atoms with E-state index >= 15 is 0 Å². The molecule has 0 saturated heterocycles. The molecule has 4 aliphatic carbocycles. The van der Waals surface area contributed by atoms with E-state index in [1.807, 2.05) is 36.4 Å². The van der Waals surface area contributed by atoms with E-state index in [1.54, 1.807) is 17.7 Å². The first-order chi connectivity index (χ1) is 15.9. The van der Waals surface area contributed by atoms with Crippen molar-refractivity contribution in [2.24, 2.45) is 17.3 Å². The molecule has 33 heavy (non-hydrogen) atoms. The van der Waals surface area contributed by atoms with Crippen molar-refractivity contribution in [1.82, 2.24) is 0 Å². The minimum Gasteiger partial charge on any atom is -0.508 e. The van der Waals surface area contributed by atoms with E-state index in [2.05, 4.69) is 19.1 Å². The number of hydrogen-bond acceptors (Lipinski definition) is 3. The second-order valence-corrected chi connectivity index (χ2v) is 10.9. The lowest BCUT2D eigenvalue weighted by Crippen LogP contribution is -2.48. The summed E-state index contributed by atoms with van der Waals surface area (Å²) in [6.07, 6.45) is 8.47. The molecule has 5 atom stereocenters. The molecular weight excluding hydrogens is 408 g/mol. The predicted octanol–water partition coefficient (Wildman–Crippen LogP) is 6.18. The van der Waals surface area contributed by atoms with Crippen LogP contribution in [-0.2, 0) is 10.4 Å². The van der Waals surface area contributed by atoms with Crippen LogP contribution in [0.15, 0.2) is 77.4 Å². The van der Waals surface area contributed by atoms with Crippen LogP contribution in [-0.4, -0.2) is 16.0 Å². The maximum atomic E-state index is 13.0. The van der Waals surface area contributed by atoms with Crippen LogP contribution in [0.3, 0.4) is 0 Å². The Kier molecular flexibility index (Phi) is 4.71. The molecule has 3 heteroatoms. The molecule has 3 nitrogen and oxygen atoms in total. The number of carbonyl (C=O) groups is 1. The molecule has 2 aromatic rings.